The lowest BCUT2D eigenvalue weighted by atomic mass is 10.1. The van der Waals surface area contributed by atoms with Gasteiger partial charge in [0, 0.05) is 18.7 Å². The number of nitrogens with zero attached hydrogens (tertiary/aromatic N) is 1. The first-order valence-corrected chi connectivity index (χ1v) is 5.21. The zero-order chi connectivity index (χ0) is 11.3. The molecule has 4 heteroatoms. The van der Waals surface area contributed by atoms with E-state index in [-0.39, 0.29) is 18.3 Å². The van der Waals surface area contributed by atoms with E-state index >= 15 is 0 Å². The van der Waals surface area contributed by atoms with Gasteiger partial charge >= 0.3 is 5.97 Å². The van der Waals surface area contributed by atoms with E-state index in [1.807, 2.05) is 11.0 Å². The van der Waals surface area contributed by atoms with E-state index in [9.17, 15) is 9.59 Å². The fourth-order valence-corrected chi connectivity index (χ4v) is 1.59. The van der Waals surface area contributed by atoms with Crippen molar-refractivity contribution >= 4 is 11.8 Å². The van der Waals surface area contributed by atoms with Crippen LogP contribution < -0.4 is 0 Å². The summed E-state index contributed by atoms with van der Waals surface area (Å²) >= 11 is 0. The Bertz CT molecular complexity index is 284. The second kappa shape index (κ2) is 5.66. The summed E-state index contributed by atoms with van der Waals surface area (Å²) in [7, 11) is 0. The third-order valence-corrected chi connectivity index (χ3v) is 2.34. The van der Waals surface area contributed by atoms with Crippen molar-refractivity contribution in [1.82, 2.24) is 4.90 Å². The maximum atomic E-state index is 11.2. The van der Waals surface area contributed by atoms with Crippen LogP contribution in [0.4, 0.5) is 0 Å². The van der Waals surface area contributed by atoms with Crippen molar-refractivity contribution in [3.05, 3.63) is 11.6 Å². The van der Waals surface area contributed by atoms with Crippen molar-refractivity contribution in [2.75, 3.05) is 26.2 Å². The van der Waals surface area contributed by atoms with Gasteiger partial charge in [0.25, 0.3) is 0 Å². The topological polar surface area (TPSA) is 46.6 Å². The maximum absolute atomic E-state index is 11.2. The number of ketones is 1. The minimum atomic E-state index is -0.220. The summed E-state index contributed by atoms with van der Waals surface area (Å²) in [5.74, 6) is -0.133. The van der Waals surface area contributed by atoms with E-state index in [0.29, 0.717) is 13.2 Å². The van der Waals surface area contributed by atoms with Gasteiger partial charge < -0.3 is 4.74 Å². The first-order valence-electron chi connectivity index (χ1n) is 5.21. The monoisotopic (exact) mass is 211 g/mol. The standard InChI is InChI=1S/C11H17NO3/c1-3-15-11(14)8-12-6-4-5-10(7-12)9(2)13/h5H,3-4,6-8H2,1-2H3. The minimum Gasteiger partial charge on any atom is -0.465 e. The molecule has 0 atom stereocenters. The molecule has 0 saturated carbocycles. The Morgan fingerprint density at radius 2 is 2.27 bits per heavy atom. The van der Waals surface area contributed by atoms with E-state index in [1.165, 1.54) is 0 Å². The molecule has 0 N–H and O–H groups in total. The van der Waals surface area contributed by atoms with Gasteiger partial charge in [0.05, 0.1) is 13.2 Å². The van der Waals surface area contributed by atoms with Crippen molar-refractivity contribution in [3.8, 4) is 0 Å². The van der Waals surface area contributed by atoms with Gasteiger partial charge in [-0.1, -0.05) is 6.08 Å². The van der Waals surface area contributed by atoms with Crippen LogP contribution in [0.15, 0.2) is 11.6 Å². The highest BCUT2D eigenvalue weighted by Crippen LogP contribution is 2.10. The number of ether oxygens (including phenoxy) is 1. The lowest BCUT2D eigenvalue weighted by Crippen LogP contribution is -2.36. The van der Waals surface area contributed by atoms with Gasteiger partial charge in [0.2, 0.25) is 0 Å². The predicted octanol–water partition coefficient (Wildman–Crippen LogP) is 0.771. The Balaban J connectivity index is 2.43. The van der Waals surface area contributed by atoms with Gasteiger partial charge in [-0.2, -0.15) is 0 Å². The Morgan fingerprint density at radius 3 is 2.87 bits per heavy atom. The van der Waals surface area contributed by atoms with Crippen LogP contribution in [0, 0.1) is 0 Å². The summed E-state index contributed by atoms with van der Waals surface area (Å²) in [6.45, 7) is 5.40. The average Bonchev–Trinajstić information content (AvgIpc) is 2.18. The molecule has 0 saturated heterocycles. The molecule has 1 rings (SSSR count). The molecule has 0 amide bonds. The molecule has 0 aromatic rings. The summed E-state index contributed by atoms with van der Waals surface area (Å²) in [6.07, 6.45) is 2.78. The highest BCUT2D eigenvalue weighted by atomic mass is 16.5. The first-order chi connectivity index (χ1) is 7.13. The summed E-state index contributed by atoms with van der Waals surface area (Å²) in [5.41, 5.74) is 0.797. The van der Waals surface area contributed by atoms with Crippen molar-refractivity contribution in [3.63, 3.8) is 0 Å². The normalized spacial score (nSPS) is 17.1. The number of Topliss-reactive ketones (excluding diaryl/α,β-unsaturated/α-hetero) is 1. The van der Waals surface area contributed by atoms with Crippen LogP contribution >= 0.6 is 0 Å². The van der Waals surface area contributed by atoms with Gasteiger partial charge in [0.15, 0.2) is 5.78 Å². The van der Waals surface area contributed by atoms with E-state index < -0.39 is 0 Å². The molecule has 0 bridgehead atoms. The van der Waals surface area contributed by atoms with E-state index in [1.54, 1.807) is 13.8 Å². The molecule has 84 valence electrons. The Morgan fingerprint density at radius 1 is 1.53 bits per heavy atom. The summed E-state index contributed by atoms with van der Waals surface area (Å²) in [6, 6.07) is 0. The zero-order valence-electron chi connectivity index (χ0n) is 9.28. The van der Waals surface area contributed by atoms with Crippen LogP contribution in [0.3, 0.4) is 0 Å². The fourth-order valence-electron chi connectivity index (χ4n) is 1.59. The Labute approximate surface area is 89.9 Å². The Hall–Kier alpha value is -1.16. The number of rotatable bonds is 4. The van der Waals surface area contributed by atoms with Gasteiger partial charge in [-0.25, -0.2) is 0 Å². The molecule has 15 heavy (non-hydrogen) atoms. The van der Waals surface area contributed by atoms with Crippen molar-refractivity contribution in [1.29, 1.82) is 0 Å². The van der Waals surface area contributed by atoms with E-state index in [2.05, 4.69) is 0 Å². The second-order valence-corrected chi connectivity index (χ2v) is 3.59. The molecule has 1 aliphatic rings. The van der Waals surface area contributed by atoms with E-state index in [4.69, 9.17) is 4.74 Å². The molecule has 0 unspecified atom stereocenters. The summed E-state index contributed by atoms with van der Waals surface area (Å²) < 4.78 is 4.86. The molecule has 1 heterocycles. The van der Waals surface area contributed by atoms with Crippen LogP contribution in [0.2, 0.25) is 0 Å². The minimum absolute atomic E-state index is 0.0866. The second-order valence-electron chi connectivity index (χ2n) is 3.59. The molecular weight excluding hydrogens is 194 g/mol. The number of carbonyl (C=O) groups is 2. The van der Waals surface area contributed by atoms with Gasteiger partial charge in [-0.15, -0.1) is 0 Å². The number of carbonyl (C=O) groups excluding carboxylic acids is 2. The lowest BCUT2D eigenvalue weighted by molar-refractivity contribution is -0.144. The van der Waals surface area contributed by atoms with Crippen LogP contribution in [-0.4, -0.2) is 42.9 Å². The van der Waals surface area contributed by atoms with Gasteiger partial charge in [-0.05, 0) is 20.3 Å². The highest BCUT2D eigenvalue weighted by Gasteiger charge is 2.17. The highest BCUT2D eigenvalue weighted by molar-refractivity contribution is 5.93. The number of hydrogen-bond donors (Lipinski definition) is 0. The Kier molecular flexibility index (Phi) is 4.49. The molecule has 0 aromatic heterocycles. The average molecular weight is 211 g/mol. The molecule has 0 spiro atoms. The van der Waals surface area contributed by atoms with Crippen molar-refractivity contribution in [2.45, 2.75) is 20.3 Å². The van der Waals surface area contributed by atoms with Crippen LogP contribution in [-0.2, 0) is 14.3 Å². The predicted molar refractivity (Wildman–Crippen MR) is 56.5 cm³/mol. The fraction of sp³-hybridized carbons (Fsp3) is 0.636. The van der Waals surface area contributed by atoms with Crippen LogP contribution in [0.5, 0.6) is 0 Å². The van der Waals surface area contributed by atoms with Gasteiger partial charge in [-0.3, -0.25) is 14.5 Å². The SMILES string of the molecule is CCOC(=O)CN1CCC=C(C(C)=O)C1. The van der Waals surface area contributed by atoms with Crippen molar-refractivity contribution < 1.29 is 14.3 Å². The third kappa shape index (κ3) is 3.83. The quantitative estimate of drug-likeness (QED) is 0.644. The lowest BCUT2D eigenvalue weighted by Gasteiger charge is -2.25. The molecule has 0 aromatic carbocycles. The largest absolute Gasteiger partial charge is 0.465 e. The molecular formula is C11H17NO3. The van der Waals surface area contributed by atoms with E-state index in [0.717, 1.165) is 18.5 Å². The smallest absolute Gasteiger partial charge is 0.320 e. The van der Waals surface area contributed by atoms with Crippen molar-refractivity contribution in [2.24, 2.45) is 0 Å². The summed E-state index contributed by atoms with van der Waals surface area (Å²) in [5, 5.41) is 0. The first kappa shape index (κ1) is 11.9. The van der Waals surface area contributed by atoms with Crippen LogP contribution in [0.25, 0.3) is 0 Å². The van der Waals surface area contributed by atoms with Gasteiger partial charge in [0.1, 0.15) is 0 Å². The molecule has 4 nitrogen and oxygen atoms in total. The zero-order valence-corrected chi connectivity index (χ0v) is 9.28. The summed E-state index contributed by atoms with van der Waals surface area (Å²) in [4.78, 5) is 24.3. The molecule has 0 fully saturated rings. The number of esters is 1. The molecule has 0 aliphatic carbocycles. The van der Waals surface area contributed by atoms with Crippen LogP contribution in [0.1, 0.15) is 20.3 Å². The molecule has 1 aliphatic heterocycles. The maximum Gasteiger partial charge on any atom is 0.320 e. The third-order valence-electron chi connectivity index (χ3n) is 2.34. The molecule has 0 radical (unpaired) electrons. The number of hydrogen-bond acceptors (Lipinski definition) is 4.